The first-order valence-corrected chi connectivity index (χ1v) is 13.9. The molecule has 3 atom stereocenters. The SMILES string of the molecule is CC(C)(C)[C@@H]1COC(=O)[C@H](Cc2ccc(F)cc2)C/C=C\C[C@@H](CC(=O)N(CCO)Cc2ccccc2)C(=O)N1. The first-order chi connectivity index (χ1) is 19.1. The second kappa shape index (κ2) is 14.7. The van der Waals surface area contributed by atoms with E-state index < -0.39 is 23.3 Å². The molecule has 2 N–H and O–H groups in total. The van der Waals surface area contributed by atoms with Gasteiger partial charge in [-0.2, -0.15) is 0 Å². The summed E-state index contributed by atoms with van der Waals surface area (Å²) in [4.78, 5) is 41.4. The summed E-state index contributed by atoms with van der Waals surface area (Å²) >= 11 is 0. The maximum absolute atomic E-state index is 13.4. The van der Waals surface area contributed by atoms with Crippen molar-refractivity contribution in [3.05, 3.63) is 83.7 Å². The topological polar surface area (TPSA) is 95.9 Å². The molecule has 2 aromatic carbocycles. The van der Waals surface area contributed by atoms with Gasteiger partial charge in [0.05, 0.1) is 24.5 Å². The zero-order valence-electron chi connectivity index (χ0n) is 23.6. The van der Waals surface area contributed by atoms with Crippen LogP contribution in [0.3, 0.4) is 0 Å². The van der Waals surface area contributed by atoms with Gasteiger partial charge in [-0.25, -0.2) is 4.39 Å². The Hall–Kier alpha value is -3.52. The second-order valence-electron chi connectivity index (χ2n) is 11.5. The lowest BCUT2D eigenvalue weighted by Gasteiger charge is -2.33. The van der Waals surface area contributed by atoms with Crippen LogP contribution in [0, 0.1) is 23.1 Å². The van der Waals surface area contributed by atoms with Crippen LogP contribution in [0.2, 0.25) is 0 Å². The number of amides is 2. The molecule has 216 valence electrons. The number of hydrogen-bond donors (Lipinski definition) is 2. The molecule has 0 unspecified atom stereocenters. The molecule has 0 spiro atoms. The van der Waals surface area contributed by atoms with Crippen LogP contribution < -0.4 is 5.32 Å². The number of allylic oxidation sites excluding steroid dienone is 2. The normalized spacial score (nSPS) is 21.4. The highest BCUT2D eigenvalue weighted by Gasteiger charge is 2.33. The third kappa shape index (κ3) is 9.59. The molecule has 0 saturated carbocycles. The number of ether oxygens (including phenoxy) is 1. The van der Waals surface area contributed by atoms with Crippen LogP contribution in [0.5, 0.6) is 0 Å². The minimum atomic E-state index is -0.628. The largest absolute Gasteiger partial charge is 0.463 e. The monoisotopic (exact) mass is 552 g/mol. The number of benzene rings is 2. The average Bonchev–Trinajstić information content (AvgIpc) is 2.91. The van der Waals surface area contributed by atoms with E-state index in [-0.39, 0.29) is 49.8 Å². The van der Waals surface area contributed by atoms with Crippen LogP contribution in [0.1, 0.15) is 51.2 Å². The van der Waals surface area contributed by atoms with Gasteiger partial charge in [-0.1, -0.05) is 75.4 Å². The van der Waals surface area contributed by atoms with Crippen molar-refractivity contribution in [3.63, 3.8) is 0 Å². The Morgan fingerprint density at radius 2 is 1.65 bits per heavy atom. The lowest BCUT2D eigenvalue weighted by atomic mass is 9.86. The van der Waals surface area contributed by atoms with E-state index in [1.165, 1.54) is 12.1 Å². The molecule has 0 fully saturated rings. The van der Waals surface area contributed by atoms with Crippen molar-refractivity contribution in [3.8, 4) is 0 Å². The van der Waals surface area contributed by atoms with Crippen LogP contribution in [-0.4, -0.2) is 53.6 Å². The number of esters is 1. The van der Waals surface area contributed by atoms with Gasteiger partial charge < -0.3 is 20.1 Å². The predicted molar refractivity (Wildman–Crippen MR) is 151 cm³/mol. The number of cyclic esters (lactones) is 1. The van der Waals surface area contributed by atoms with Gasteiger partial charge in [0.2, 0.25) is 11.8 Å². The highest BCUT2D eigenvalue weighted by atomic mass is 19.1. The molecule has 0 aromatic heterocycles. The summed E-state index contributed by atoms with van der Waals surface area (Å²) < 4.78 is 19.1. The molecule has 0 bridgehead atoms. The Morgan fingerprint density at radius 1 is 1.00 bits per heavy atom. The molecule has 0 radical (unpaired) electrons. The standard InChI is InChI=1S/C32H41FN2O5/c1-32(2,3)28-22-40-31(39)26(19-23-13-15-27(33)16-14-23)12-8-7-11-25(30(38)34-28)20-29(37)35(17-18-36)21-24-9-5-4-6-10-24/h4-10,13-16,25-26,28,36H,11-12,17-22H2,1-3H3,(H,34,38)/b8-7-/t25-,26-,28-/m0/s1. The maximum Gasteiger partial charge on any atom is 0.309 e. The van der Waals surface area contributed by atoms with Crippen molar-refractivity contribution in [1.29, 1.82) is 0 Å². The highest BCUT2D eigenvalue weighted by molar-refractivity contribution is 5.86. The summed E-state index contributed by atoms with van der Waals surface area (Å²) in [6.07, 6.45) is 4.78. The molecule has 2 aromatic rings. The molecule has 8 heteroatoms. The van der Waals surface area contributed by atoms with E-state index in [0.29, 0.717) is 25.8 Å². The number of aliphatic hydroxyl groups is 1. The molecular formula is C32H41FN2O5. The minimum absolute atomic E-state index is 0.00299. The Kier molecular flexibility index (Phi) is 11.4. The molecule has 7 nitrogen and oxygen atoms in total. The molecule has 40 heavy (non-hydrogen) atoms. The predicted octanol–water partition coefficient (Wildman–Crippen LogP) is 4.44. The fraction of sp³-hybridized carbons (Fsp3) is 0.469. The third-order valence-corrected chi connectivity index (χ3v) is 7.22. The van der Waals surface area contributed by atoms with Gasteiger partial charge in [0.1, 0.15) is 12.4 Å². The van der Waals surface area contributed by atoms with E-state index in [1.807, 2.05) is 63.3 Å². The quantitative estimate of drug-likeness (QED) is 0.373. The first kappa shape index (κ1) is 31.0. The summed E-state index contributed by atoms with van der Waals surface area (Å²) in [5.74, 6) is -2.30. The number of carbonyl (C=O) groups is 3. The lowest BCUT2D eigenvalue weighted by molar-refractivity contribution is -0.151. The molecule has 1 heterocycles. The zero-order valence-corrected chi connectivity index (χ0v) is 23.6. The van der Waals surface area contributed by atoms with Crippen molar-refractivity contribution >= 4 is 17.8 Å². The number of carbonyl (C=O) groups excluding carboxylic acids is 3. The van der Waals surface area contributed by atoms with Gasteiger partial charge in [-0.15, -0.1) is 0 Å². The summed E-state index contributed by atoms with van der Waals surface area (Å²) in [6, 6.07) is 15.1. The van der Waals surface area contributed by atoms with Crippen molar-refractivity contribution in [1.82, 2.24) is 10.2 Å². The van der Waals surface area contributed by atoms with Crippen molar-refractivity contribution in [2.45, 2.75) is 59.0 Å². The number of halogens is 1. The summed E-state index contributed by atoms with van der Waals surface area (Å²) in [7, 11) is 0. The van der Waals surface area contributed by atoms with E-state index in [1.54, 1.807) is 17.0 Å². The third-order valence-electron chi connectivity index (χ3n) is 7.22. The maximum atomic E-state index is 13.4. The Balaban J connectivity index is 1.80. The molecule has 1 aliphatic rings. The van der Waals surface area contributed by atoms with Crippen LogP contribution in [0.4, 0.5) is 4.39 Å². The smallest absolute Gasteiger partial charge is 0.309 e. The molecule has 0 aliphatic carbocycles. The number of rotatable bonds is 8. The van der Waals surface area contributed by atoms with Crippen molar-refractivity contribution < 1.29 is 28.6 Å². The fourth-order valence-corrected chi connectivity index (χ4v) is 4.61. The summed E-state index contributed by atoms with van der Waals surface area (Å²) in [5, 5.41) is 12.6. The molecule has 0 saturated heterocycles. The van der Waals surface area contributed by atoms with Gasteiger partial charge in [0.25, 0.3) is 0 Å². The van der Waals surface area contributed by atoms with E-state index in [4.69, 9.17) is 4.74 Å². The van der Waals surface area contributed by atoms with Gasteiger partial charge in [0.15, 0.2) is 0 Å². The van der Waals surface area contributed by atoms with E-state index in [9.17, 15) is 23.9 Å². The second-order valence-corrected chi connectivity index (χ2v) is 11.5. The van der Waals surface area contributed by atoms with E-state index >= 15 is 0 Å². The van der Waals surface area contributed by atoms with E-state index in [2.05, 4.69) is 5.32 Å². The van der Waals surface area contributed by atoms with E-state index in [0.717, 1.165) is 11.1 Å². The number of nitrogens with zero attached hydrogens (tertiary/aromatic N) is 1. The number of aliphatic hydroxyl groups excluding tert-OH is 1. The fourth-order valence-electron chi connectivity index (χ4n) is 4.61. The molecular weight excluding hydrogens is 511 g/mol. The molecule has 3 rings (SSSR count). The van der Waals surface area contributed by atoms with Crippen LogP contribution in [-0.2, 0) is 32.1 Å². The Bertz CT molecular complexity index is 1140. The lowest BCUT2D eigenvalue weighted by Crippen LogP contribution is -2.50. The Morgan fingerprint density at radius 3 is 2.27 bits per heavy atom. The zero-order chi connectivity index (χ0) is 29.1. The molecule has 2 amide bonds. The summed E-state index contributed by atoms with van der Waals surface area (Å²) in [5.41, 5.74) is 1.36. The van der Waals surface area contributed by atoms with Gasteiger partial charge in [0, 0.05) is 19.5 Å². The average molecular weight is 553 g/mol. The molecule has 1 aliphatic heterocycles. The number of hydrogen-bond acceptors (Lipinski definition) is 5. The minimum Gasteiger partial charge on any atom is -0.463 e. The number of nitrogens with one attached hydrogen (secondary N) is 1. The van der Waals surface area contributed by atoms with Crippen LogP contribution in [0.25, 0.3) is 0 Å². The first-order valence-electron chi connectivity index (χ1n) is 13.9. The van der Waals surface area contributed by atoms with Crippen molar-refractivity contribution in [2.24, 2.45) is 17.3 Å². The van der Waals surface area contributed by atoms with Gasteiger partial charge in [-0.3, -0.25) is 14.4 Å². The van der Waals surface area contributed by atoms with Crippen LogP contribution >= 0.6 is 0 Å². The van der Waals surface area contributed by atoms with Gasteiger partial charge >= 0.3 is 5.97 Å². The van der Waals surface area contributed by atoms with Gasteiger partial charge in [-0.05, 0) is 47.9 Å². The van der Waals surface area contributed by atoms with Crippen molar-refractivity contribution in [2.75, 3.05) is 19.8 Å². The Labute approximate surface area is 236 Å². The van der Waals surface area contributed by atoms with Crippen LogP contribution in [0.15, 0.2) is 66.7 Å². The summed E-state index contributed by atoms with van der Waals surface area (Å²) in [6.45, 7) is 6.20. The highest BCUT2D eigenvalue weighted by Crippen LogP contribution is 2.24.